The molecular formula is C20H20N2O4S. The molecule has 6 nitrogen and oxygen atoms in total. The molecule has 0 atom stereocenters. The maximum absolute atomic E-state index is 11.6. The van der Waals surface area contributed by atoms with E-state index >= 15 is 0 Å². The van der Waals surface area contributed by atoms with Gasteiger partial charge in [0.15, 0.2) is 0 Å². The van der Waals surface area contributed by atoms with E-state index in [1.165, 1.54) is 4.57 Å². The summed E-state index contributed by atoms with van der Waals surface area (Å²) in [7, 11) is 3.14. The molecule has 2 aromatic carbocycles. The van der Waals surface area contributed by atoms with Crippen LogP contribution < -0.4 is 14.3 Å². The summed E-state index contributed by atoms with van der Waals surface area (Å²) in [6.45, 7) is 0.146. The van der Waals surface area contributed by atoms with Crippen molar-refractivity contribution in [3.63, 3.8) is 0 Å². The first kappa shape index (κ1) is 18.7. The molecule has 0 saturated heterocycles. The van der Waals surface area contributed by atoms with E-state index in [0.717, 1.165) is 22.5 Å². The molecule has 0 fully saturated rings. The lowest BCUT2D eigenvalue weighted by Gasteiger charge is -2.09. The van der Waals surface area contributed by atoms with Crippen molar-refractivity contribution in [2.75, 3.05) is 13.7 Å². The lowest BCUT2D eigenvalue weighted by Crippen LogP contribution is -2.11. The fraction of sp³-hybridized carbons (Fsp3) is 0.200. The Kier molecular flexibility index (Phi) is 5.61. The molecule has 0 spiro atoms. The molecule has 27 heavy (non-hydrogen) atoms. The number of rotatable bonds is 7. The van der Waals surface area contributed by atoms with Crippen LogP contribution in [0.3, 0.4) is 0 Å². The van der Waals surface area contributed by atoms with Gasteiger partial charge in [-0.2, -0.15) is 0 Å². The Bertz CT molecular complexity index is 1010. The number of nitrogens with one attached hydrogen (secondary N) is 1. The van der Waals surface area contributed by atoms with Crippen LogP contribution in [0.5, 0.6) is 17.4 Å². The second kappa shape index (κ2) is 8.09. The van der Waals surface area contributed by atoms with E-state index in [2.05, 4.69) is 0 Å². The van der Waals surface area contributed by atoms with Gasteiger partial charge in [-0.3, -0.25) is 9.36 Å². The minimum absolute atomic E-state index is 0.0112. The quantitative estimate of drug-likeness (QED) is 0.613. The molecule has 1 heterocycles. The van der Waals surface area contributed by atoms with Gasteiger partial charge in [-0.1, -0.05) is 35.6 Å². The molecule has 2 N–H and O–H groups in total. The van der Waals surface area contributed by atoms with Gasteiger partial charge in [-0.15, -0.1) is 0 Å². The molecule has 140 valence electrons. The minimum Gasteiger partial charge on any atom is -0.497 e. The van der Waals surface area contributed by atoms with Gasteiger partial charge in [0.05, 0.1) is 17.7 Å². The maximum Gasteiger partial charge on any atom is 0.309 e. The number of benzene rings is 2. The van der Waals surface area contributed by atoms with Crippen LogP contribution in [0.25, 0.3) is 0 Å². The number of methoxy groups -OCH3 is 1. The van der Waals surface area contributed by atoms with Gasteiger partial charge in [-0.25, -0.2) is 0 Å². The number of thiazole rings is 1. The first-order valence-corrected chi connectivity index (χ1v) is 9.11. The summed E-state index contributed by atoms with van der Waals surface area (Å²) in [5.41, 5.74) is 2.07. The van der Waals surface area contributed by atoms with E-state index in [1.54, 1.807) is 20.2 Å². The van der Waals surface area contributed by atoms with E-state index in [1.807, 2.05) is 42.5 Å². The SMILES string of the molecule is COc1cccc(C(=N)COc2ccc(Cc3sc(=O)n(C)c3O)cc2)c1. The second-order valence-electron chi connectivity index (χ2n) is 5.99. The molecule has 0 amide bonds. The van der Waals surface area contributed by atoms with Crippen molar-refractivity contribution in [2.24, 2.45) is 7.05 Å². The molecule has 0 saturated carbocycles. The van der Waals surface area contributed by atoms with Crippen LogP contribution in [0.1, 0.15) is 16.0 Å². The zero-order valence-corrected chi connectivity index (χ0v) is 15.9. The smallest absolute Gasteiger partial charge is 0.309 e. The summed E-state index contributed by atoms with van der Waals surface area (Å²) in [6, 6.07) is 14.7. The van der Waals surface area contributed by atoms with Crippen LogP contribution in [0.2, 0.25) is 0 Å². The zero-order chi connectivity index (χ0) is 19.4. The molecule has 0 unspecified atom stereocenters. The Labute approximate surface area is 160 Å². The average Bonchev–Trinajstić information content (AvgIpc) is 2.94. The van der Waals surface area contributed by atoms with Crippen LogP contribution in [0.15, 0.2) is 53.3 Å². The third-order valence-electron chi connectivity index (χ3n) is 4.14. The first-order chi connectivity index (χ1) is 13.0. The van der Waals surface area contributed by atoms with Gasteiger partial charge in [0.25, 0.3) is 0 Å². The molecule has 0 aliphatic carbocycles. The molecule has 7 heteroatoms. The number of hydrogen-bond donors (Lipinski definition) is 2. The number of aromatic nitrogens is 1. The topological polar surface area (TPSA) is 84.5 Å². The summed E-state index contributed by atoms with van der Waals surface area (Å²) in [6.07, 6.45) is 0.479. The van der Waals surface area contributed by atoms with Crippen molar-refractivity contribution in [2.45, 2.75) is 6.42 Å². The Balaban J connectivity index is 1.61. The standard InChI is InChI=1S/C20H20N2O4S/c1-22-19(23)18(27-20(22)24)10-13-6-8-15(9-7-13)26-12-17(21)14-4-3-5-16(11-14)25-2/h3-9,11,21,23H,10,12H2,1-2H3. The van der Waals surface area contributed by atoms with Gasteiger partial charge in [0, 0.05) is 19.0 Å². The van der Waals surface area contributed by atoms with E-state index in [-0.39, 0.29) is 17.4 Å². The number of ether oxygens (including phenoxy) is 2. The lowest BCUT2D eigenvalue weighted by molar-refractivity contribution is 0.376. The fourth-order valence-corrected chi connectivity index (χ4v) is 3.45. The summed E-state index contributed by atoms with van der Waals surface area (Å²) in [5.74, 6) is 1.36. The molecular weight excluding hydrogens is 364 g/mol. The molecule has 0 aliphatic rings. The van der Waals surface area contributed by atoms with Crippen LogP contribution in [-0.2, 0) is 13.5 Å². The molecule has 0 bridgehead atoms. The summed E-state index contributed by atoms with van der Waals surface area (Å²) >= 11 is 1.04. The Morgan fingerprint density at radius 1 is 1.19 bits per heavy atom. The molecule has 3 rings (SSSR count). The van der Waals surface area contributed by atoms with Crippen LogP contribution in [-0.4, -0.2) is 29.1 Å². The number of hydrogen-bond acceptors (Lipinski definition) is 6. The highest BCUT2D eigenvalue weighted by atomic mass is 32.1. The highest BCUT2D eigenvalue weighted by molar-refractivity contribution is 7.09. The van der Waals surface area contributed by atoms with E-state index < -0.39 is 0 Å². The second-order valence-corrected chi connectivity index (χ2v) is 7.04. The van der Waals surface area contributed by atoms with Gasteiger partial charge in [0.2, 0.25) is 5.88 Å². The van der Waals surface area contributed by atoms with E-state index in [9.17, 15) is 9.90 Å². The van der Waals surface area contributed by atoms with Crippen molar-refractivity contribution in [3.05, 3.63) is 74.2 Å². The summed E-state index contributed by atoms with van der Waals surface area (Å²) in [4.78, 5) is 12.0. The van der Waals surface area contributed by atoms with Crippen LogP contribution >= 0.6 is 11.3 Å². The minimum atomic E-state index is -0.182. The summed E-state index contributed by atoms with van der Waals surface area (Å²) < 4.78 is 12.1. The molecule has 3 aromatic rings. The van der Waals surface area contributed by atoms with Crippen molar-refractivity contribution >= 4 is 17.0 Å². The van der Waals surface area contributed by atoms with Crippen molar-refractivity contribution in [1.82, 2.24) is 4.57 Å². The van der Waals surface area contributed by atoms with Crippen LogP contribution in [0.4, 0.5) is 0 Å². The molecule has 0 radical (unpaired) electrons. The van der Waals surface area contributed by atoms with Gasteiger partial charge in [-0.05, 0) is 29.8 Å². The van der Waals surface area contributed by atoms with Gasteiger partial charge in [0.1, 0.15) is 18.1 Å². The van der Waals surface area contributed by atoms with Gasteiger partial charge >= 0.3 is 4.87 Å². The van der Waals surface area contributed by atoms with Crippen LogP contribution in [0, 0.1) is 5.41 Å². The lowest BCUT2D eigenvalue weighted by atomic mass is 10.1. The Morgan fingerprint density at radius 3 is 2.56 bits per heavy atom. The van der Waals surface area contributed by atoms with Gasteiger partial charge < -0.3 is 20.0 Å². The Morgan fingerprint density at radius 2 is 1.93 bits per heavy atom. The predicted molar refractivity (Wildman–Crippen MR) is 106 cm³/mol. The highest BCUT2D eigenvalue weighted by Gasteiger charge is 2.11. The maximum atomic E-state index is 11.6. The van der Waals surface area contributed by atoms with Crippen molar-refractivity contribution in [3.8, 4) is 17.4 Å². The normalized spacial score (nSPS) is 10.6. The zero-order valence-electron chi connectivity index (χ0n) is 15.1. The first-order valence-electron chi connectivity index (χ1n) is 8.29. The third-order valence-corrected chi connectivity index (χ3v) is 5.16. The fourth-order valence-electron chi connectivity index (χ4n) is 2.55. The molecule has 0 aliphatic heterocycles. The van der Waals surface area contributed by atoms with Crippen molar-refractivity contribution < 1.29 is 14.6 Å². The van der Waals surface area contributed by atoms with Crippen molar-refractivity contribution in [1.29, 1.82) is 5.41 Å². The van der Waals surface area contributed by atoms with E-state index in [0.29, 0.717) is 28.5 Å². The predicted octanol–water partition coefficient (Wildman–Crippen LogP) is 3.20. The largest absolute Gasteiger partial charge is 0.497 e. The monoisotopic (exact) mass is 384 g/mol. The number of aromatic hydroxyl groups is 1. The summed E-state index contributed by atoms with van der Waals surface area (Å²) in [5, 5.41) is 18.1. The number of nitrogens with zero attached hydrogens (tertiary/aromatic N) is 1. The average molecular weight is 384 g/mol. The molecule has 1 aromatic heterocycles. The highest BCUT2D eigenvalue weighted by Crippen LogP contribution is 2.23. The van der Waals surface area contributed by atoms with E-state index in [4.69, 9.17) is 14.9 Å². The Hall–Kier alpha value is -3.06. The third kappa shape index (κ3) is 4.38.